The third kappa shape index (κ3) is 3.28. The van der Waals surface area contributed by atoms with E-state index in [0.717, 1.165) is 21.4 Å². The molecule has 0 bridgehead atoms. The summed E-state index contributed by atoms with van der Waals surface area (Å²) in [5, 5.41) is 21.3. The van der Waals surface area contributed by atoms with E-state index < -0.39 is 29.9 Å². The van der Waals surface area contributed by atoms with E-state index >= 15 is 0 Å². The lowest BCUT2D eigenvalue weighted by Crippen LogP contribution is -2.44. The zero-order valence-electron chi connectivity index (χ0n) is 21.0. The van der Waals surface area contributed by atoms with Crippen molar-refractivity contribution >= 4 is 40.8 Å². The lowest BCUT2D eigenvalue weighted by molar-refractivity contribution is -0.417. The minimum absolute atomic E-state index is 0.0261. The summed E-state index contributed by atoms with van der Waals surface area (Å²) < 4.78 is 23.0. The first kappa shape index (κ1) is 24.9. The highest BCUT2D eigenvalue weighted by molar-refractivity contribution is 7.99. The number of hydrogen-bond donors (Lipinski definition) is 2. The first-order chi connectivity index (χ1) is 18.1. The van der Waals surface area contributed by atoms with E-state index in [9.17, 15) is 29.0 Å². The van der Waals surface area contributed by atoms with Gasteiger partial charge in [0.2, 0.25) is 0 Å². The van der Waals surface area contributed by atoms with Crippen LogP contribution in [0, 0.1) is 12.7 Å². The van der Waals surface area contributed by atoms with E-state index in [1.54, 1.807) is 37.7 Å². The van der Waals surface area contributed by atoms with Crippen LogP contribution in [-0.4, -0.2) is 61.8 Å². The number of ether oxygens (including phenoxy) is 1. The molecule has 6 rings (SSSR count). The van der Waals surface area contributed by atoms with E-state index in [1.165, 1.54) is 22.4 Å². The van der Waals surface area contributed by atoms with Gasteiger partial charge in [0.1, 0.15) is 19.5 Å². The van der Waals surface area contributed by atoms with Crippen LogP contribution < -0.4 is 5.56 Å². The fraction of sp³-hybridized carbons (Fsp3) is 0.370. The van der Waals surface area contributed by atoms with Crippen LogP contribution in [0.4, 0.5) is 4.39 Å². The maximum Gasteiger partial charge on any atom is 0.411 e. The molecule has 196 valence electrons. The third-order valence-electron chi connectivity index (χ3n) is 7.87. The second kappa shape index (κ2) is 8.55. The predicted octanol–water partition coefficient (Wildman–Crippen LogP) is 1.95. The van der Waals surface area contributed by atoms with E-state index in [1.807, 2.05) is 0 Å². The van der Waals surface area contributed by atoms with Crippen LogP contribution in [0.25, 0.3) is 22.3 Å². The average Bonchev–Trinajstić information content (AvgIpc) is 3.28. The molecule has 38 heavy (non-hydrogen) atoms. The average molecular weight is 539 g/mol. The number of cyclic esters (lactones) is 1. The van der Waals surface area contributed by atoms with Gasteiger partial charge >= 0.3 is 11.9 Å². The number of benzene rings is 1. The Bertz CT molecular complexity index is 1700. The molecule has 2 N–H and O–H groups in total. The molecule has 5 heterocycles. The molecule has 9 nitrogen and oxygen atoms in total. The van der Waals surface area contributed by atoms with Crippen molar-refractivity contribution in [3.63, 3.8) is 0 Å². The Morgan fingerprint density at radius 2 is 2.13 bits per heavy atom. The molecule has 0 fully saturated rings. The summed E-state index contributed by atoms with van der Waals surface area (Å²) in [6.45, 7) is 2.68. The molecule has 1 aromatic carbocycles. The first-order valence-electron chi connectivity index (χ1n) is 12.3. The largest absolute Gasteiger partial charge is 0.458 e. The number of amides is 1. The summed E-state index contributed by atoms with van der Waals surface area (Å²) in [5.41, 5.74) is 1.54. The molecule has 11 heteroatoms. The van der Waals surface area contributed by atoms with Crippen molar-refractivity contribution in [3.05, 3.63) is 56.1 Å². The van der Waals surface area contributed by atoms with Crippen molar-refractivity contribution in [2.24, 2.45) is 0 Å². The summed E-state index contributed by atoms with van der Waals surface area (Å²) in [6.07, 6.45) is 1.76. The smallest absolute Gasteiger partial charge is 0.411 e. The summed E-state index contributed by atoms with van der Waals surface area (Å²) in [6, 6.07) is 3.00. The van der Waals surface area contributed by atoms with E-state index in [2.05, 4.69) is 0 Å². The number of nitrogens with zero attached hydrogens (tertiary/aromatic N) is 3. The molecule has 2 aromatic heterocycles. The number of hydrogen-bond acceptors (Lipinski definition) is 8. The summed E-state index contributed by atoms with van der Waals surface area (Å²) in [7, 11) is 1.57. The number of fused-ring (bicyclic) bond motifs is 5. The fourth-order valence-electron chi connectivity index (χ4n) is 5.74. The number of rotatable bonds is 3. The van der Waals surface area contributed by atoms with Crippen LogP contribution >= 0.6 is 11.8 Å². The standard InChI is InChI=1S/C27H25FN3O6S/c1-4-27(36)16-5-19-23-14(8-31(19)25(34)15(16)10-37-26(27)35)21-13(7-30(3)20(33)9-32)11-38-24-12(2)17(28)6-18(29-23)22(21)24/h5-7,13,32,36H,4,8-11H2,1-3H3/q+1/b30-7-/t13?,27-/m0/s1. The van der Waals surface area contributed by atoms with Gasteiger partial charge in [-0.3, -0.25) is 4.79 Å². The van der Waals surface area contributed by atoms with Gasteiger partial charge in [0.15, 0.2) is 18.4 Å². The second-order valence-electron chi connectivity index (χ2n) is 9.89. The van der Waals surface area contributed by atoms with Gasteiger partial charge in [0.05, 0.1) is 34.9 Å². The van der Waals surface area contributed by atoms with Crippen molar-refractivity contribution in [1.82, 2.24) is 9.55 Å². The van der Waals surface area contributed by atoms with Crippen LogP contribution in [0.5, 0.6) is 0 Å². The van der Waals surface area contributed by atoms with Gasteiger partial charge in [0, 0.05) is 33.2 Å². The lowest BCUT2D eigenvalue weighted by Gasteiger charge is -2.31. The highest BCUT2D eigenvalue weighted by Gasteiger charge is 2.46. The van der Waals surface area contributed by atoms with Gasteiger partial charge in [-0.1, -0.05) is 6.92 Å². The number of aliphatic hydroxyl groups is 2. The molecule has 0 aliphatic carbocycles. The highest BCUT2D eigenvalue weighted by Crippen LogP contribution is 2.48. The van der Waals surface area contributed by atoms with Crippen molar-refractivity contribution in [2.75, 3.05) is 19.4 Å². The van der Waals surface area contributed by atoms with Crippen molar-refractivity contribution in [3.8, 4) is 11.4 Å². The Balaban J connectivity index is 1.67. The van der Waals surface area contributed by atoms with Gasteiger partial charge in [0.25, 0.3) is 5.56 Å². The summed E-state index contributed by atoms with van der Waals surface area (Å²) in [5.74, 6) is -1.42. The van der Waals surface area contributed by atoms with Crippen LogP contribution in [0.15, 0.2) is 21.8 Å². The number of likely N-dealkylation sites (N-methyl/N-ethyl adjacent to an activating group) is 1. The number of carbonyl (C=O) groups is 2. The monoisotopic (exact) mass is 538 g/mol. The Hall–Kier alpha value is -3.41. The molecule has 0 radical (unpaired) electrons. The molecule has 3 aliphatic heterocycles. The molecular weight excluding hydrogens is 513 g/mol. The summed E-state index contributed by atoms with van der Waals surface area (Å²) in [4.78, 5) is 43.9. The van der Waals surface area contributed by atoms with Gasteiger partial charge in [-0.25, -0.2) is 19.0 Å². The molecule has 2 atom stereocenters. The topological polar surface area (TPSA) is 122 Å². The van der Waals surface area contributed by atoms with Crippen molar-refractivity contribution < 1.29 is 33.5 Å². The molecule has 1 amide bonds. The van der Waals surface area contributed by atoms with Gasteiger partial charge in [-0.2, -0.15) is 4.58 Å². The Morgan fingerprint density at radius 3 is 2.84 bits per heavy atom. The van der Waals surface area contributed by atoms with E-state index in [4.69, 9.17) is 9.72 Å². The quantitative estimate of drug-likeness (QED) is 0.231. The van der Waals surface area contributed by atoms with Crippen molar-refractivity contribution in [1.29, 1.82) is 0 Å². The zero-order valence-corrected chi connectivity index (χ0v) is 21.8. The molecule has 3 aromatic rings. The Kier molecular flexibility index (Phi) is 5.60. The van der Waals surface area contributed by atoms with Gasteiger partial charge in [-0.05, 0) is 30.5 Å². The van der Waals surface area contributed by atoms with Crippen LogP contribution in [0.2, 0.25) is 0 Å². The zero-order chi connectivity index (χ0) is 27.1. The van der Waals surface area contributed by atoms with Gasteiger partial charge < -0.3 is 19.5 Å². The maximum absolute atomic E-state index is 15.0. The van der Waals surface area contributed by atoms with Gasteiger partial charge in [-0.15, -0.1) is 11.8 Å². The lowest BCUT2D eigenvalue weighted by atomic mass is 9.85. The first-order valence-corrected chi connectivity index (χ1v) is 13.3. The number of aromatic nitrogens is 2. The number of halogens is 1. The Labute approximate surface area is 220 Å². The maximum atomic E-state index is 15.0. The SMILES string of the molecule is CC[C@@]1(O)C(=O)OCc2c1cc1n(c2=O)Cc2c-1nc1cc(F)c(C)c3c1c2C(/C=[N+](/C)C(=O)CO)CS3. The molecule has 0 saturated carbocycles. The Morgan fingerprint density at radius 1 is 1.37 bits per heavy atom. The van der Waals surface area contributed by atoms with Crippen LogP contribution in [-0.2, 0) is 33.1 Å². The van der Waals surface area contributed by atoms with E-state index in [-0.39, 0.29) is 42.2 Å². The predicted molar refractivity (Wildman–Crippen MR) is 137 cm³/mol. The molecular formula is C27H25FN3O6S+. The van der Waals surface area contributed by atoms with Crippen LogP contribution in [0.1, 0.15) is 47.1 Å². The molecule has 0 spiro atoms. The van der Waals surface area contributed by atoms with Crippen LogP contribution in [0.3, 0.4) is 0 Å². The molecule has 3 aliphatic rings. The minimum Gasteiger partial charge on any atom is -0.458 e. The number of aliphatic hydroxyl groups excluding tert-OH is 1. The number of pyridine rings is 2. The van der Waals surface area contributed by atoms with Crippen molar-refractivity contribution in [2.45, 2.75) is 49.8 Å². The fourth-order valence-corrected chi connectivity index (χ4v) is 7.01. The highest BCUT2D eigenvalue weighted by atomic mass is 32.2. The second-order valence-corrected chi connectivity index (χ2v) is 10.9. The summed E-state index contributed by atoms with van der Waals surface area (Å²) >= 11 is 1.48. The third-order valence-corrected chi connectivity index (χ3v) is 9.19. The number of carbonyl (C=O) groups excluding carboxylic acids is 2. The number of thioether (sulfide) groups is 1. The molecule has 0 saturated heterocycles. The number of esters is 1. The normalized spacial score (nSPS) is 21.7. The van der Waals surface area contributed by atoms with E-state index in [0.29, 0.717) is 28.2 Å². The molecule has 1 unspecified atom stereocenters. The minimum atomic E-state index is -1.95.